The van der Waals surface area contributed by atoms with Gasteiger partial charge in [0.2, 0.25) is 0 Å². The number of nitrogens with zero attached hydrogens (tertiary/aromatic N) is 2. The number of Topliss-reactive ketones (excluding diaryl/α,β-unsaturated/α-hetero) is 1. The van der Waals surface area contributed by atoms with E-state index in [2.05, 4.69) is 26.9 Å². The van der Waals surface area contributed by atoms with Gasteiger partial charge in [-0.05, 0) is 56.3 Å². The van der Waals surface area contributed by atoms with E-state index >= 15 is 0 Å². The van der Waals surface area contributed by atoms with Gasteiger partial charge in [0.05, 0.1) is 0 Å². The number of likely N-dealkylation sites (N-methyl/N-ethyl adjacent to an activating group) is 1. The molecular formula is C35H48BN4O5P. The number of methoxy groups -OCH3 is 1. The summed E-state index contributed by atoms with van der Waals surface area (Å²) >= 11 is 0. The number of amides is 1. The number of benzene rings is 1. The molecule has 0 aliphatic heterocycles. The second kappa shape index (κ2) is 10.9. The van der Waals surface area contributed by atoms with Crippen LogP contribution in [0.4, 0.5) is 5.69 Å². The second-order valence-corrected chi connectivity index (χ2v) is 16.5. The Kier molecular flexibility index (Phi) is 7.58. The van der Waals surface area contributed by atoms with E-state index in [1.165, 1.54) is 38.5 Å². The molecule has 7 aliphatic rings. The zero-order chi connectivity index (χ0) is 33.0. The minimum absolute atomic E-state index is 0.0946. The molecule has 7 aliphatic carbocycles. The number of ether oxygens (including phenoxy) is 1. The second-order valence-electron chi connectivity index (χ2n) is 15.6. The first-order chi connectivity index (χ1) is 21.7. The maximum atomic E-state index is 14.6. The van der Waals surface area contributed by atoms with Crippen LogP contribution in [0.3, 0.4) is 0 Å². The fraction of sp³-hybridized carbons (Fsp3) is 0.629. The van der Waals surface area contributed by atoms with Crippen LogP contribution in [0.5, 0.6) is 5.75 Å². The molecular weight excluding hydrogens is 598 g/mol. The number of nitrogens with one attached hydrogen (secondary N) is 1. The van der Waals surface area contributed by atoms with Crippen molar-refractivity contribution in [2.45, 2.75) is 74.6 Å². The maximum absolute atomic E-state index is 14.6. The third kappa shape index (κ3) is 4.49. The predicted molar refractivity (Wildman–Crippen MR) is 185 cm³/mol. The van der Waals surface area contributed by atoms with Crippen LogP contribution in [0.1, 0.15) is 66.4 Å². The molecule has 1 amide bonds. The van der Waals surface area contributed by atoms with Crippen LogP contribution in [0.25, 0.3) is 0 Å². The molecule has 5 N–H and O–H groups in total. The number of hydrogen-bond acceptors (Lipinski definition) is 8. The molecule has 5 atom stereocenters. The molecule has 0 spiro atoms. The van der Waals surface area contributed by atoms with Crippen molar-refractivity contribution < 1.29 is 24.5 Å². The Morgan fingerprint density at radius 1 is 1.11 bits per heavy atom. The Morgan fingerprint density at radius 2 is 1.72 bits per heavy atom. The zero-order valence-electron chi connectivity index (χ0n) is 27.8. The number of carbonyl (C=O) groups excluding carboxylic acids is 2. The summed E-state index contributed by atoms with van der Waals surface area (Å²) in [5.41, 5.74) is 9.91. The van der Waals surface area contributed by atoms with Crippen molar-refractivity contribution in [2.75, 3.05) is 40.2 Å². The van der Waals surface area contributed by atoms with Gasteiger partial charge < -0.3 is 0 Å². The molecule has 4 saturated carbocycles. The fourth-order valence-corrected chi connectivity index (χ4v) is 11.7. The summed E-state index contributed by atoms with van der Waals surface area (Å²) in [6.07, 6.45) is 8.95. The minimum atomic E-state index is -1.25. The number of aliphatic hydroxyl groups is 2. The molecule has 9 nitrogen and oxygen atoms in total. The summed E-state index contributed by atoms with van der Waals surface area (Å²) in [5.74, 6) is 0.999. The number of allylic oxidation sites excluding steroid dienone is 2. The predicted octanol–water partition coefficient (Wildman–Crippen LogP) is 2.93. The van der Waals surface area contributed by atoms with Gasteiger partial charge in [-0.2, -0.15) is 0 Å². The van der Waals surface area contributed by atoms with Crippen molar-refractivity contribution in [1.29, 1.82) is 0 Å². The number of aliphatic hydroxyl groups excluding tert-OH is 2. The van der Waals surface area contributed by atoms with E-state index < -0.39 is 17.1 Å². The monoisotopic (exact) mass is 646 g/mol. The van der Waals surface area contributed by atoms with Gasteiger partial charge in [-0.15, -0.1) is 0 Å². The fourth-order valence-electron chi connectivity index (χ4n) is 11.1. The van der Waals surface area contributed by atoms with E-state index in [0.29, 0.717) is 36.3 Å². The van der Waals surface area contributed by atoms with Crippen LogP contribution >= 0.6 is 9.24 Å². The molecule has 0 radical (unpaired) electrons. The van der Waals surface area contributed by atoms with Gasteiger partial charge in [-0.1, -0.05) is 0 Å². The number of anilines is 1. The molecule has 4 bridgehead atoms. The Balaban J connectivity index is 1.31. The number of fused-ring (bicyclic) bond motifs is 3. The molecule has 246 valence electrons. The van der Waals surface area contributed by atoms with Gasteiger partial charge in [0.1, 0.15) is 0 Å². The normalized spacial score (nSPS) is 36.1. The van der Waals surface area contributed by atoms with Gasteiger partial charge >= 0.3 is 219 Å². The van der Waals surface area contributed by atoms with Crippen molar-refractivity contribution in [3.63, 3.8) is 0 Å². The molecule has 4 fully saturated rings. The Hall–Kier alpha value is -2.68. The summed E-state index contributed by atoms with van der Waals surface area (Å²) in [7, 11) is 16.1. The van der Waals surface area contributed by atoms with Crippen molar-refractivity contribution >= 4 is 39.6 Å². The summed E-state index contributed by atoms with van der Waals surface area (Å²) < 4.78 is 5.93. The number of ketones is 1. The van der Waals surface area contributed by atoms with Crippen LogP contribution in [-0.4, -0.2) is 91.8 Å². The first-order valence-electron chi connectivity index (χ1n) is 16.7. The Morgan fingerprint density at radius 3 is 2.24 bits per heavy atom. The molecule has 0 heterocycles. The van der Waals surface area contributed by atoms with E-state index in [1.807, 2.05) is 39.2 Å². The third-order valence-electron chi connectivity index (χ3n) is 12.4. The molecule has 46 heavy (non-hydrogen) atoms. The summed E-state index contributed by atoms with van der Waals surface area (Å²) in [6.45, 7) is 0.699. The third-order valence-corrected chi connectivity index (χ3v) is 13.5. The summed E-state index contributed by atoms with van der Waals surface area (Å²) in [6, 6.07) is 1.40. The number of nitrogens with two attached hydrogens (primary N) is 1. The van der Waals surface area contributed by atoms with E-state index in [-0.39, 0.29) is 45.7 Å². The molecule has 0 saturated heterocycles. The molecule has 11 heteroatoms. The Bertz CT molecular complexity index is 1580. The summed E-state index contributed by atoms with van der Waals surface area (Å²) in [4.78, 5) is 31.1. The zero-order valence-corrected chi connectivity index (χ0v) is 28.9. The van der Waals surface area contributed by atoms with Gasteiger partial charge in [-0.25, -0.2) is 0 Å². The van der Waals surface area contributed by atoms with E-state index in [4.69, 9.17) is 10.5 Å². The van der Waals surface area contributed by atoms with Gasteiger partial charge in [0, 0.05) is 0 Å². The number of primary amides is 1. The van der Waals surface area contributed by atoms with E-state index in [1.54, 1.807) is 7.11 Å². The number of rotatable bonds is 7. The molecule has 1 aromatic rings. The van der Waals surface area contributed by atoms with Crippen LogP contribution < -0.4 is 20.7 Å². The van der Waals surface area contributed by atoms with Crippen molar-refractivity contribution in [2.24, 2.45) is 35.3 Å². The van der Waals surface area contributed by atoms with Crippen LogP contribution in [0.2, 0.25) is 0 Å². The number of hydrogen-bond donors (Lipinski definition) is 4. The first kappa shape index (κ1) is 31.9. The van der Waals surface area contributed by atoms with Crippen molar-refractivity contribution in [3.05, 3.63) is 45.4 Å². The molecule has 8 rings (SSSR count). The van der Waals surface area contributed by atoms with Gasteiger partial charge in [0.15, 0.2) is 0 Å². The van der Waals surface area contributed by atoms with Crippen LogP contribution in [-0.2, 0) is 17.8 Å². The van der Waals surface area contributed by atoms with Crippen LogP contribution in [0, 0.1) is 29.6 Å². The number of carbonyl (C=O) groups is 2. The van der Waals surface area contributed by atoms with Crippen molar-refractivity contribution in [1.82, 2.24) is 10.2 Å². The standard InChI is InChI=1S/C35H48BN4O5P/c1-39(2)27-20(15-38-34-12-16-6-17(13-34)8-18(7-16)14-34)11-23(45-5)25-21(27)9-19-10-22-28(40(3)4)30(42)26(33(37)44)31(36)35(22,46)32(43)24(19)29(25)41/h11,16-19,22,28,36,38,42-43H,6-10,12-15,46H2,1-5H3,(H2,37,44)/t16?,17?,18?,19-,22-,28-,34?,35+/m0/s1. The molecule has 1 unspecified atom stereocenters. The Labute approximate surface area is 275 Å². The average molecular weight is 647 g/mol. The van der Waals surface area contributed by atoms with E-state index in [0.717, 1.165) is 34.6 Å². The van der Waals surface area contributed by atoms with E-state index in [9.17, 15) is 19.8 Å². The van der Waals surface area contributed by atoms with Crippen LogP contribution in [0.15, 0.2) is 28.7 Å². The quantitative estimate of drug-likeness (QED) is 0.263. The first-order valence-corrected chi connectivity index (χ1v) is 17.3. The summed E-state index contributed by atoms with van der Waals surface area (Å²) in [5, 5.41) is 26.2. The van der Waals surface area contributed by atoms with Gasteiger partial charge in [0.25, 0.3) is 0 Å². The topological polar surface area (TPSA) is 128 Å². The molecule has 0 aromatic heterocycles. The molecule has 1 aromatic carbocycles. The van der Waals surface area contributed by atoms with Gasteiger partial charge in [-0.3, -0.25) is 0 Å². The SMILES string of the molecule is B=C1C(C(N)=O)=C(O)[C@@H](N(C)C)[C@@H]2C[C@@H]3Cc4c(c(OC)cc(CNC56CC7CC(CC(C7)C5)C6)c4N(C)C)C(=O)C3=C(O)[C@]12P. The van der Waals surface area contributed by atoms with Crippen molar-refractivity contribution in [3.8, 4) is 5.75 Å². The average Bonchev–Trinajstić information content (AvgIpc) is 2.96.